The van der Waals surface area contributed by atoms with E-state index in [1.165, 1.54) is 12.8 Å². The van der Waals surface area contributed by atoms with Crippen LogP contribution in [0.5, 0.6) is 0 Å². The molecular formula is C13H27B. The Labute approximate surface area is 92.3 Å². The molecular weight excluding hydrogens is 167 g/mol. The first-order valence-corrected chi connectivity index (χ1v) is 5.87. The Morgan fingerprint density at radius 1 is 0.857 bits per heavy atom. The zero-order valence-electron chi connectivity index (χ0n) is 11.2. The van der Waals surface area contributed by atoms with Crippen molar-refractivity contribution in [3.63, 3.8) is 0 Å². The maximum absolute atomic E-state index is 6.36. The lowest BCUT2D eigenvalue weighted by Gasteiger charge is -2.46. The van der Waals surface area contributed by atoms with Crippen molar-refractivity contribution in [3.8, 4) is 0 Å². The summed E-state index contributed by atoms with van der Waals surface area (Å²) < 4.78 is 0. The first-order valence-electron chi connectivity index (χ1n) is 5.87. The second-order valence-electron chi connectivity index (χ2n) is 6.35. The van der Waals surface area contributed by atoms with Crippen molar-refractivity contribution in [2.24, 2.45) is 10.8 Å². The smallest absolute Gasteiger partial charge is 0.0671 e. The Balaban J connectivity index is 4.64. The van der Waals surface area contributed by atoms with E-state index in [2.05, 4.69) is 48.5 Å². The lowest BCUT2D eigenvalue weighted by atomic mass is 9.50. The summed E-state index contributed by atoms with van der Waals surface area (Å²) in [6, 6.07) is 0. The summed E-state index contributed by atoms with van der Waals surface area (Å²) in [6.07, 6.45) is 3.45. The highest BCUT2D eigenvalue weighted by molar-refractivity contribution is 6.15. The lowest BCUT2D eigenvalue weighted by Crippen LogP contribution is -2.33. The molecule has 1 atom stereocenters. The molecule has 0 saturated carbocycles. The van der Waals surface area contributed by atoms with E-state index >= 15 is 0 Å². The highest BCUT2D eigenvalue weighted by atomic mass is 14.4. The van der Waals surface area contributed by atoms with Crippen LogP contribution in [0.3, 0.4) is 0 Å². The molecule has 0 unspecified atom stereocenters. The number of rotatable bonds is 5. The van der Waals surface area contributed by atoms with E-state index in [0.717, 1.165) is 6.42 Å². The Hall–Kier alpha value is 0.0649. The fraction of sp³-hybridized carbons (Fsp3) is 1.00. The quantitative estimate of drug-likeness (QED) is 0.561. The van der Waals surface area contributed by atoms with Crippen LogP contribution in [0.15, 0.2) is 0 Å². The van der Waals surface area contributed by atoms with Crippen LogP contribution in [-0.4, -0.2) is 7.85 Å². The normalized spacial score (nSPS) is 17.9. The van der Waals surface area contributed by atoms with Crippen molar-refractivity contribution in [1.82, 2.24) is 0 Å². The summed E-state index contributed by atoms with van der Waals surface area (Å²) in [5.41, 5.74) is 0.612. The van der Waals surface area contributed by atoms with Gasteiger partial charge in [-0.3, -0.25) is 0 Å². The molecule has 0 aromatic heterocycles. The van der Waals surface area contributed by atoms with E-state index in [1.54, 1.807) is 0 Å². The van der Waals surface area contributed by atoms with Gasteiger partial charge in [-0.1, -0.05) is 66.6 Å². The highest BCUT2D eigenvalue weighted by Crippen LogP contribution is 2.52. The van der Waals surface area contributed by atoms with Crippen LogP contribution in [-0.2, 0) is 0 Å². The van der Waals surface area contributed by atoms with Gasteiger partial charge in [-0.15, -0.1) is 0 Å². The molecule has 0 nitrogen and oxygen atoms in total. The van der Waals surface area contributed by atoms with E-state index in [4.69, 9.17) is 7.85 Å². The minimum atomic E-state index is -0.0561. The Morgan fingerprint density at radius 3 is 1.57 bits per heavy atom. The SMILES string of the molecule is [B][C@@](C)(CC)C(C)(C)CC(C)(C)CC. The molecule has 0 heterocycles. The number of hydrogen-bond acceptors (Lipinski definition) is 0. The van der Waals surface area contributed by atoms with Gasteiger partial charge in [0.2, 0.25) is 0 Å². The zero-order chi connectivity index (χ0) is 11.6. The Morgan fingerprint density at radius 2 is 1.29 bits per heavy atom. The van der Waals surface area contributed by atoms with Crippen molar-refractivity contribution < 1.29 is 0 Å². The zero-order valence-corrected chi connectivity index (χ0v) is 11.2. The van der Waals surface area contributed by atoms with Crippen molar-refractivity contribution in [2.75, 3.05) is 0 Å². The molecule has 1 heteroatoms. The van der Waals surface area contributed by atoms with Crippen LogP contribution in [0.25, 0.3) is 0 Å². The molecule has 0 saturated heterocycles. The van der Waals surface area contributed by atoms with Gasteiger partial charge in [0.1, 0.15) is 0 Å². The Bertz CT molecular complexity index is 178. The van der Waals surface area contributed by atoms with Gasteiger partial charge in [-0.25, -0.2) is 0 Å². The molecule has 0 aliphatic heterocycles. The third-order valence-electron chi connectivity index (χ3n) is 4.16. The predicted molar refractivity (Wildman–Crippen MR) is 66.9 cm³/mol. The fourth-order valence-corrected chi connectivity index (χ4v) is 2.00. The third kappa shape index (κ3) is 3.33. The van der Waals surface area contributed by atoms with Gasteiger partial charge >= 0.3 is 0 Å². The molecule has 0 aromatic carbocycles. The highest BCUT2D eigenvalue weighted by Gasteiger charge is 2.38. The fourth-order valence-electron chi connectivity index (χ4n) is 2.00. The summed E-state index contributed by atoms with van der Waals surface area (Å²) in [5, 5.41) is -0.0561. The average molecular weight is 194 g/mol. The molecule has 0 aliphatic carbocycles. The van der Waals surface area contributed by atoms with Crippen molar-refractivity contribution in [2.45, 2.75) is 73.0 Å². The minimum Gasteiger partial charge on any atom is -0.0671 e. The average Bonchev–Trinajstić information content (AvgIpc) is 2.02. The topological polar surface area (TPSA) is 0 Å². The van der Waals surface area contributed by atoms with Crippen LogP contribution in [0.1, 0.15) is 67.7 Å². The van der Waals surface area contributed by atoms with E-state index in [-0.39, 0.29) is 10.7 Å². The lowest BCUT2D eigenvalue weighted by molar-refractivity contribution is 0.135. The molecule has 0 amide bonds. The van der Waals surface area contributed by atoms with Gasteiger partial charge < -0.3 is 0 Å². The minimum absolute atomic E-state index is 0.0561. The largest absolute Gasteiger partial charge is 0.0749 e. The third-order valence-corrected chi connectivity index (χ3v) is 4.16. The Kier molecular flexibility index (Phi) is 4.31. The van der Waals surface area contributed by atoms with Crippen LogP contribution < -0.4 is 0 Å². The summed E-state index contributed by atoms with van der Waals surface area (Å²) in [5.74, 6) is 0. The van der Waals surface area contributed by atoms with Gasteiger partial charge in [0.25, 0.3) is 0 Å². The van der Waals surface area contributed by atoms with Gasteiger partial charge in [0, 0.05) is 0 Å². The van der Waals surface area contributed by atoms with Gasteiger partial charge in [0.05, 0.1) is 7.85 Å². The summed E-state index contributed by atoms with van der Waals surface area (Å²) >= 11 is 0. The van der Waals surface area contributed by atoms with Crippen LogP contribution >= 0.6 is 0 Å². The molecule has 0 N–H and O–H groups in total. The van der Waals surface area contributed by atoms with Crippen LogP contribution in [0.4, 0.5) is 0 Å². The second kappa shape index (κ2) is 4.29. The predicted octanol–water partition coefficient (Wildman–Crippen LogP) is 4.60. The summed E-state index contributed by atoms with van der Waals surface area (Å²) in [6.45, 7) is 15.9. The molecule has 0 spiro atoms. The first kappa shape index (κ1) is 14.1. The first-order chi connectivity index (χ1) is 6.08. The molecule has 2 radical (unpaired) electrons. The molecule has 14 heavy (non-hydrogen) atoms. The standard InChI is InChI=1S/C13H27B/c1-8-11(3,4)10-12(5,6)13(7,14)9-2/h8-10H2,1-7H3/t13-/m0/s1. The van der Waals surface area contributed by atoms with Crippen LogP contribution in [0.2, 0.25) is 5.31 Å². The summed E-state index contributed by atoms with van der Waals surface area (Å²) in [7, 11) is 6.36. The second-order valence-corrected chi connectivity index (χ2v) is 6.35. The maximum Gasteiger partial charge on any atom is 0.0749 e. The monoisotopic (exact) mass is 194 g/mol. The molecule has 0 aromatic rings. The molecule has 82 valence electrons. The van der Waals surface area contributed by atoms with Crippen molar-refractivity contribution in [1.29, 1.82) is 0 Å². The van der Waals surface area contributed by atoms with Gasteiger partial charge in [-0.2, -0.15) is 0 Å². The van der Waals surface area contributed by atoms with E-state index < -0.39 is 0 Å². The van der Waals surface area contributed by atoms with Crippen molar-refractivity contribution in [3.05, 3.63) is 0 Å². The molecule has 0 fully saturated rings. The van der Waals surface area contributed by atoms with Gasteiger partial charge in [0.15, 0.2) is 0 Å². The maximum atomic E-state index is 6.36. The van der Waals surface area contributed by atoms with Crippen LogP contribution in [0, 0.1) is 10.8 Å². The van der Waals surface area contributed by atoms with E-state index in [1.807, 2.05) is 0 Å². The van der Waals surface area contributed by atoms with Crippen molar-refractivity contribution >= 4 is 7.85 Å². The van der Waals surface area contributed by atoms with E-state index in [9.17, 15) is 0 Å². The number of hydrogen-bond donors (Lipinski definition) is 0. The van der Waals surface area contributed by atoms with E-state index in [0.29, 0.717) is 5.41 Å². The van der Waals surface area contributed by atoms with Gasteiger partial charge in [-0.05, 0) is 17.3 Å². The molecule has 0 rings (SSSR count). The summed E-state index contributed by atoms with van der Waals surface area (Å²) in [4.78, 5) is 0. The molecule has 0 bridgehead atoms. The molecule has 0 aliphatic rings.